The van der Waals surface area contributed by atoms with Crippen molar-refractivity contribution < 1.29 is 14.3 Å². The standard InChI is InChI=1S/C18H20O3/c1-18(2,14-7-11-16(21-4)12-8-14)17(19)13-5-9-15(20-3)10-6-13/h5-12H,1-4H3. The van der Waals surface area contributed by atoms with Crippen LogP contribution in [0.1, 0.15) is 29.8 Å². The van der Waals surface area contributed by atoms with Gasteiger partial charge in [-0.3, -0.25) is 4.79 Å². The van der Waals surface area contributed by atoms with Crippen molar-refractivity contribution >= 4 is 5.78 Å². The predicted octanol–water partition coefficient (Wildman–Crippen LogP) is 3.86. The molecule has 0 unspecified atom stereocenters. The number of hydrogen-bond acceptors (Lipinski definition) is 3. The van der Waals surface area contributed by atoms with E-state index in [1.54, 1.807) is 38.5 Å². The van der Waals surface area contributed by atoms with E-state index in [4.69, 9.17) is 9.47 Å². The van der Waals surface area contributed by atoms with Gasteiger partial charge in [-0.15, -0.1) is 0 Å². The number of carbonyl (C=O) groups excluding carboxylic acids is 1. The summed E-state index contributed by atoms with van der Waals surface area (Å²) in [5.74, 6) is 1.61. The highest BCUT2D eigenvalue weighted by atomic mass is 16.5. The fraction of sp³-hybridized carbons (Fsp3) is 0.278. The van der Waals surface area contributed by atoms with E-state index >= 15 is 0 Å². The lowest BCUT2D eigenvalue weighted by molar-refractivity contribution is 0.0908. The maximum atomic E-state index is 12.7. The zero-order valence-electron chi connectivity index (χ0n) is 12.8. The van der Waals surface area contributed by atoms with Gasteiger partial charge in [0.2, 0.25) is 0 Å². The number of rotatable bonds is 5. The second kappa shape index (κ2) is 6.00. The van der Waals surface area contributed by atoms with Gasteiger partial charge in [-0.25, -0.2) is 0 Å². The minimum atomic E-state index is -0.596. The zero-order chi connectivity index (χ0) is 15.5. The highest BCUT2D eigenvalue weighted by molar-refractivity contribution is 6.03. The molecule has 0 saturated heterocycles. The first-order chi connectivity index (χ1) is 9.98. The molecule has 0 spiro atoms. The number of carbonyl (C=O) groups is 1. The molecule has 0 bridgehead atoms. The molecule has 2 aromatic carbocycles. The van der Waals surface area contributed by atoms with Crippen molar-refractivity contribution in [3.63, 3.8) is 0 Å². The molecule has 21 heavy (non-hydrogen) atoms. The Morgan fingerprint density at radius 3 is 1.67 bits per heavy atom. The molecular weight excluding hydrogens is 264 g/mol. The minimum Gasteiger partial charge on any atom is -0.497 e. The molecule has 0 atom stereocenters. The smallest absolute Gasteiger partial charge is 0.172 e. The molecule has 0 amide bonds. The lowest BCUT2D eigenvalue weighted by atomic mass is 9.78. The number of ether oxygens (including phenoxy) is 2. The van der Waals surface area contributed by atoms with E-state index < -0.39 is 5.41 Å². The van der Waals surface area contributed by atoms with Crippen LogP contribution in [-0.2, 0) is 5.41 Å². The third-order valence-corrected chi connectivity index (χ3v) is 3.73. The number of Topliss-reactive ketones (excluding diaryl/α,β-unsaturated/α-hetero) is 1. The van der Waals surface area contributed by atoms with E-state index in [-0.39, 0.29) is 5.78 Å². The average Bonchev–Trinajstić information content (AvgIpc) is 2.54. The fourth-order valence-corrected chi connectivity index (χ4v) is 2.24. The number of methoxy groups -OCH3 is 2. The minimum absolute atomic E-state index is 0.0790. The number of hydrogen-bond donors (Lipinski definition) is 0. The molecule has 3 nitrogen and oxygen atoms in total. The maximum absolute atomic E-state index is 12.7. The van der Waals surface area contributed by atoms with Crippen LogP contribution in [0.4, 0.5) is 0 Å². The van der Waals surface area contributed by atoms with Gasteiger partial charge in [0.05, 0.1) is 19.6 Å². The van der Waals surface area contributed by atoms with Crippen LogP contribution in [0, 0.1) is 0 Å². The van der Waals surface area contributed by atoms with Gasteiger partial charge < -0.3 is 9.47 Å². The van der Waals surface area contributed by atoms with Crippen molar-refractivity contribution in [3.05, 3.63) is 59.7 Å². The van der Waals surface area contributed by atoms with Gasteiger partial charge in [0.15, 0.2) is 5.78 Å². The summed E-state index contributed by atoms with van der Waals surface area (Å²) in [4.78, 5) is 12.7. The van der Waals surface area contributed by atoms with Crippen molar-refractivity contribution in [3.8, 4) is 11.5 Å². The third-order valence-electron chi connectivity index (χ3n) is 3.73. The van der Waals surface area contributed by atoms with E-state index in [0.717, 1.165) is 17.1 Å². The molecule has 0 N–H and O–H groups in total. The summed E-state index contributed by atoms with van der Waals surface area (Å²) in [6, 6.07) is 14.8. The van der Waals surface area contributed by atoms with E-state index in [2.05, 4.69) is 0 Å². The van der Waals surface area contributed by atoms with Crippen LogP contribution in [0.15, 0.2) is 48.5 Å². The summed E-state index contributed by atoms with van der Waals surface area (Å²) >= 11 is 0. The molecule has 0 heterocycles. The quantitative estimate of drug-likeness (QED) is 0.782. The molecule has 2 rings (SSSR count). The summed E-state index contributed by atoms with van der Waals surface area (Å²) in [7, 11) is 3.24. The maximum Gasteiger partial charge on any atom is 0.172 e. The Hall–Kier alpha value is -2.29. The average molecular weight is 284 g/mol. The highest BCUT2D eigenvalue weighted by Gasteiger charge is 2.30. The molecular formula is C18H20O3. The van der Waals surface area contributed by atoms with Crippen LogP contribution in [0.3, 0.4) is 0 Å². The monoisotopic (exact) mass is 284 g/mol. The van der Waals surface area contributed by atoms with Gasteiger partial charge in [0.25, 0.3) is 0 Å². The zero-order valence-corrected chi connectivity index (χ0v) is 12.8. The second-order valence-corrected chi connectivity index (χ2v) is 5.41. The van der Waals surface area contributed by atoms with Crippen molar-refractivity contribution in [2.75, 3.05) is 14.2 Å². The Kier molecular flexibility index (Phi) is 4.32. The molecule has 0 saturated carbocycles. The Labute approximate surface area is 125 Å². The van der Waals surface area contributed by atoms with Gasteiger partial charge >= 0.3 is 0 Å². The van der Waals surface area contributed by atoms with Gasteiger partial charge in [0, 0.05) is 5.56 Å². The van der Waals surface area contributed by atoms with Crippen LogP contribution in [0.25, 0.3) is 0 Å². The van der Waals surface area contributed by atoms with Crippen LogP contribution < -0.4 is 9.47 Å². The van der Waals surface area contributed by atoms with Crippen molar-refractivity contribution in [2.45, 2.75) is 19.3 Å². The lowest BCUT2D eigenvalue weighted by Crippen LogP contribution is -2.29. The molecule has 0 aliphatic carbocycles. The molecule has 2 aromatic rings. The van der Waals surface area contributed by atoms with E-state index in [0.29, 0.717) is 5.56 Å². The Balaban J connectivity index is 2.29. The number of ketones is 1. The first kappa shape index (κ1) is 15.1. The molecule has 0 aliphatic rings. The van der Waals surface area contributed by atoms with Gasteiger partial charge in [0.1, 0.15) is 11.5 Å². The van der Waals surface area contributed by atoms with Crippen molar-refractivity contribution in [1.29, 1.82) is 0 Å². The molecule has 3 heteroatoms. The largest absolute Gasteiger partial charge is 0.497 e. The highest BCUT2D eigenvalue weighted by Crippen LogP contribution is 2.29. The Morgan fingerprint density at radius 1 is 0.810 bits per heavy atom. The van der Waals surface area contributed by atoms with E-state index in [9.17, 15) is 4.79 Å². The van der Waals surface area contributed by atoms with Crippen molar-refractivity contribution in [2.24, 2.45) is 0 Å². The van der Waals surface area contributed by atoms with Crippen molar-refractivity contribution in [1.82, 2.24) is 0 Å². The lowest BCUT2D eigenvalue weighted by Gasteiger charge is -2.24. The molecule has 110 valence electrons. The SMILES string of the molecule is COc1ccc(C(=O)C(C)(C)c2ccc(OC)cc2)cc1. The number of benzene rings is 2. The molecule has 0 fully saturated rings. The normalized spacial score (nSPS) is 11.0. The van der Waals surface area contributed by atoms with Gasteiger partial charge in [-0.05, 0) is 55.8 Å². The summed E-state index contributed by atoms with van der Waals surface area (Å²) < 4.78 is 10.3. The first-order valence-corrected chi connectivity index (χ1v) is 6.82. The fourth-order valence-electron chi connectivity index (χ4n) is 2.24. The van der Waals surface area contributed by atoms with Crippen LogP contribution in [-0.4, -0.2) is 20.0 Å². The summed E-state index contributed by atoms with van der Waals surface area (Å²) in [6.45, 7) is 3.86. The second-order valence-electron chi connectivity index (χ2n) is 5.41. The summed E-state index contributed by atoms with van der Waals surface area (Å²) in [5, 5.41) is 0. The summed E-state index contributed by atoms with van der Waals surface area (Å²) in [6.07, 6.45) is 0. The van der Waals surface area contributed by atoms with E-state index in [1.165, 1.54) is 0 Å². The van der Waals surface area contributed by atoms with Gasteiger partial charge in [-0.1, -0.05) is 12.1 Å². The third kappa shape index (κ3) is 3.07. The molecule has 0 aromatic heterocycles. The first-order valence-electron chi connectivity index (χ1n) is 6.82. The van der Waals surface area contributed by atoms with Crippen LogP contribution in [0.2, 0.25) is 0 Å². The summed E-state index contributed by atoms with van der Waals surface area (Å²) in [5.41, 5.74) is 1.04. The Bertz CT molecular complexity index is 610. The topological polar surface area (TPSA) is 35.5 Å². The van der Waals surface area contributed by atoms with Crippen LogP contribution >= 0.6 is 0 Å². The van der Waals surface area contributed by atoms with Crippen LogP contribution in [0.5, 0.6) is 11.5 Å². The molecule has 0 aliphatic heterocycles. The van der Waals surface area contributed by atoms with Gasteiger partial charge in [-0.2, -0.15) is 0 Å². The molecule has 0 radical (unpaired) electrons. The predicted molar refractivity (Wildman–Crippen MR) is 83.3 cm³/mol. The Morgan fingerprint density at radius 2 is 1.24 bits per heavy atom. The van der Waals surface area contributed by atoms with E-state index in [1.807, 2.05) is 38.1 Å².